The fraction of sp³-hybridized carbons (Fsp3) is 0.412. The van der Waals surface area contributed by atoms with Crippen LogP contribution in [0.1, 0.15) is 12.5 Å². The molecule has 1 saturated heterocycles. The van der Waals surface area contributed by atoms with Crippen molar-refractivity contribution in [3.63, 3.8) is 0 Å². The van der Waals surface area contributed by atoms with Gasteiger partial charge in [-0.1, -0.05) is 41.7 Å². The zero-order valence-electron chi connectivity index (χ0n) is 14.6. The lowest BCUT2D eigenvalue weighted by Gasteiger charge is -2.35. The number of piperazine rings is 1. The van der Waals surface area contributed by atoms with Crippen molar-refractivity contribution < 1.29 is 9.59 Å². The number of aromatic nitrogens is 2. The van der Waals surface area contributed by atoms with E-state index in [4.69, 9.17) is 0 Å². The first-order valence-electron chi connectivity index (χ1n) is 8.50. The molecule has 26 heavy (non-hydrogen) atoms. The summed E-state index contributed by atoms with van der Waals surface area (Å²) in [5, 5.41) is 13.2. The maximum atomic E-state index is 12.4. The van der Waals surface area contributed by atoms with Crippen LogP contribution in [0.15, 0.2) is 35.8 Å². The van der Waals surface area contributed by atoms with Gasteiger partial charge in [0.25, 0.3) is 0 Å². The number of benzene rings is 1. The molecule has 1 aliphatic rings. The average Bonchev–Trinajstić information content (AvgIpc) is 3.16. The van der Waals surface area contributed by atoms with Crippen molar-refractivity contribution >= 4 is 28.4 Å². The van der Waals surface area contributed by atoms with E-state index >= 15 is 0 Å². The van der Waals surface area contributed by atoms with Crippen LogP contribution in [0.25, 0.3) is 0 Å². The summed E-state index contributed by atoms with van der Waals surface area (Å²) in [6, 6.07) is 9.43. The molecule has 0 bridgehead atoms. The van der Waals surface area contributed by atoms with Crippen molar-refractivity contribution in [2.75, 3.05) is 31.5 Å². The molecule has 1 unspecified atom stereocenters. The summed E-state index contributed by atoms with van der Waals surface area (Å²) in [7, 11) is 0. The minimum absolute atomic E-state index is 0.218. The fourth-order valence-electron chi connectivity index (χ4n) is 2.73. The van der Waals surface area contributed by atoms with E-state index in [9.17, 15) is 9.59 Å². The van der Waals surface area contributed by atoms with E-state index in [0.29, 0.717) is 18.2 Å². The Kier molecular flexibility index (Phi) is 6.13. The normalized spacial score (nSPS) is 16.1. The minimum atomic E-state index is -0.645. The molecule has 1 aromatic heterocycles. The highest BCUT2D eigenvalue weighted by Crippen LogP contribution is 2.10. The Hall–Kier alpha value is -2.52. The van der Waals surface area contributed by atoms with Gasteiger partial charge >= 0.3 is 6.03 Å². The number of carbonyl (C=O) groups excluding carboxylic acids is 2. The molecule has 3 rings (SSSR count). The van der Waals surface area contributed by atoms with Gasteiger partial charge in [-0.05, 0) is 12.5 Å². The first-order chi connectivity index (χ1) is 12.6. The van der Waals surface area contributed by atoms with Gasteiger partial charge in [0.05, 0.1) is 0 Å². The SMILES string of the molecule is CC(NC(=O)N1CCN(Cc2ccccc2)CC1)C(=O)Nc1nncs1. The second-order valence-electron chi connectivity index (χ2n) is 6.15. The number of urea groups is 1. The Labute approximate surface area is 156 Å². The van der Waals surface area contributed by atoms with Crippen LogP contribution in [0.4, 0.5) is 9.93 Å². The molecule has 2 aromatic rings. The standard InChI is InChI=1S/C17H22N6O2S/c1-13(15(24)20-16-21-18-12-26-16)19-17(25)23-9-7-22(8-10-23)11-14-5-3-2-4-6-14/h2-6,12-13H,7-11H2,1H3,(H,19,25)(H,20,21,24). The third-order valence-corrected chi connectivity index (χ3v) is 4.84. The predicted molar refractivity (Wildman–Crippen MR) is 99.8 cm³/mol. The van der Waals surface area contributed by atoms with Crippen molar-refractivity contribution in [3.05, 3.63) is 41.4 Å². The largest absolute Gasteiger partial charge is 0.326 e. The van der Waals surface area contributed by atoms with E-state index in [0.717, 1.165) is 19.6 Å². The Bertz CT molecular complexity index is 716. The van der Waals surface area contributed by atoms with Crippen LogP contribution in [0.5, 0.6) is 0 Å². The summed E-state index contributed by atoms with van der Waals surface area (Å²) in [4.78, 5) is 28.5. The van der Waals surface area contributed by atoms with Crippen LogP contribution in [-0.2, 0) is 11.3 Å². The Morgan fingerprint density at radius 1 is 1.19 bits per heavy atom. The van der Waals surface area contributed by atoms with Crippen molar-refractivity contribution in [1.29, 1.82) is 0 Å². The van der Waals surface area contributed by atoms with Crippen molar-refractivity contribution in [3.8, 4) is 0 Å². The number of nitrogens with zero attached hydrogens (tertiary/aromatic N) is 4. The molecular formula is C17H22N6O2S. The molecule has 1 fully saturated rings. The molecule has 1 atom stereocenters. The quantitative estimate of drug-likeness (QED) is 0.825. The molecule has 0 spiro atoms. The topological polar surface area (TPSA) is 90.5 Å². The second-order valence-corrected chi connectivity index (χ2v) is 6.99. The van der Waals surface area contributed by atoms with Gasteiger partial charge in [0, 0.05) is 32.7 Å². The van der Waals surface area contributed by atoms with E-state index in [2.05, 4.69) is 37.9 Å². The van der Waals surface area contributed by atoms with Crippen LogP contribution in [0.2, 0.25) is 0 Å². The molecule has 3 amide bonds. The highest BCUT2D eigenvalue weighted by Gasteiger charge is 2.24. The molecule has 2 heterocycles. The first kappa shape index (κ1) is 18.3. The lowest BCUT2D eigenvalue weighted by atomic mass is 10.2. The molecule has 138 valence electrons. The van der Waals surface area contributed by atoms with Crippen LogP contribution >= 0.6 is 11.3 Å². The Morgan fingerprint density at radius 2 is 1.92 bits per heavy atom. The highest BCUT2D eigenvalue weighted by atomic mass is 32.1. The summed E-state index contributed by atoms with van der Waals surface area (Å²) in [6.45, 7) is 5.45. The number of carbonyl (C=O) groups is 2. The number of hydrogen-bond acceptors (Lipinski definition) is 6. The van der Waals surface area contributed by atoms with E-state index in [1.807, 2.05) is 18.2 Å². The van der Waals surface area contributed by atoms with Gasteiger partial charge in [-0.25, -0.2) is 4.79 Å². The highest BCUT2D eigenvalue weighted by molar-refractivity contribution is 7.13. The van der Waals surface area contributed by atoms with Crippen LogP contribution in [0, 0.1) is 0 Å². The third kappa shape index (κ3) is 4.99. The molecule has 0 radical (unpaired) electrons. The number of nitrogens with one attached hydrogen (secondary N) is 2. The maximum absolute atomic E-state index is 12.4. The summed E-state index contributed by atoms with van der Waals surface area (Å²) in [5.41, 5.74) is 2.81. The van der Waals surface area contributed by atoms with Crippen molar-refractivity contribution in [2.45, 2.75) is 19.5 Å². The minimum Gasteiger partial charge on any atom is -0.326 e. The van der Waals surface area contributed by atoms with E-state index in [1.165, 1.54) is 22.4 Å². The van der Waals surface area contributed by atoms with E-state index < -0.39 is 6.04 Å². The summed E-state index contributed by atoms with van der Waals surface area (Å²) < 4.78 is 0. The zero-order valence-corrected chi connectivity index (χ0v) is 15.4. The maximum Gasteiger partial charge on any atom is 0.318 e. The third-order valence-electron chi connectivity index (χ3n) is 4.23. The lowest BCUT2D eigenvalue weighted by Crippen LogP contribution is -2.54. The average molecular weight is 374 g/mol. The lowest BCUT2D eigenvalue weighted by molar-refractivity contribution is -0.117. The fourth-order valence-corrected chi connectivity index (χ4v) is 3.18. The Morgan fingerprint density at radius 3 is 2.58 bits per heavy atom. The van der Waals surface area contributed by atoms with E-state index in [-0.39, 0.29) is 11.9 Å². The van der Waals surface area contributed by atoms with Gasteiger partial charge in [-0.3, -0.25) is 15.0 Å². The molecule has 0 saturated carbocycles. The van der Waals surface area contributed by atoms with Crippen LogP contribution in [-0.4, -0.2) is 64.2 Å². The van der Waals surface area contributed by atoms with Gasteiger partial charge in [-0.2, -0.15) is 0 Å². The number of anilines is 1. The molecule has 2 N–H and O–H groups in total. The second kappa shape index (κ2) is 8.72. The van der Waals surface area contributed by atoms with Crippen molar-refractivity contribution in [1.82, 2.24) is 25.3 Å². The molecular weight excluding hydrogens is 352 g/mol. The molecule has 1 aliphatic heterocycles. The van der Waals surface area contributed by atoms with Gasteiger partial charge in [0.1, 0.15) is 11.6 Å². The smallest absolute Gasteiger partial charge is 0.318 e. The molecule has 8 nitrogen and oxygen atoms in total. The van der Waals surface area contributed by atoms with Crippen LogP contribution in [0.3, 0.4) is 0 Å². The number of hydrogen-bond donors (Lipinski definition) is 2. The number of rotatable bonds is 5. The van der Waals surface area contributed by atoms with Gasteiger partial charge in [0.2, 0.25) is 11.0 Å². The van der Waals surface area contributed by atoms with Gasteiger partial charge < -0.3 is 10.2 Å². The monoisotopic (exact) mass is 374 g/mol. The predicted octanol–water partition coefficient (Wildman–Crippen LogP) is 1.39. The summed E-state index contributed by atoms with van der Waals surface area (Å²) in [5.74, 6) is -0.308. The van der Waals surface area contributed by atoms with Crippen LogP contribution < -0.4 is 10.6 Å². The summed E-state index contributed by atoms with van der Waals surface area (Å²) >= 11 is 1.23. The molecule has 9 heteroatoms. The zero-order chi connectivity index (χ0) is 18.4. The number of amides is 3. The first-order valence-corrected chi connectivity index (χ1v) is 9.38. The molecule has 1 aromatic carbocycles. The van der Waals surface area contributed by atoms with E-state index in [1.54, 1.807) is 11.8 Å². The Balaban J connectivity index is 1.42. The van der Waals surface area contributed by atoms with Crippen molar-refractivity contribution in [2.24, 2.45) is 0 Å². The van der Waals surface area contributed by atoms with Gasteiger partial charge in [0.15, 0.2) is 0 Å². The summed E-state index contributed by atoms with van der Waals surface area (Å²) in [6.07, 6.45) is 0. The molecule has 0 aliphatic carbocycles. The van der Waals surface area contributed by atoms with Gasteiger partial charge in [-0.15, -0.1) is 10.2 Å².